The number of hydrogen-bond donors (Lipinski definition) is 3. The van der Waals surface area contributed by atoms with E-state index in [0.717, 1.165) is 0 Å². The predicted octanol–water partition coefficient (Wildman–Crippen LogP) is 0.123. The average Bonchev–Trinajstić information content (AvgIpc) is 2.76. The fraction of sp³-hybridized carbons (Fsp3) is 0.222. The van der Waals surface area contributed by atoms with Gasteiger partial charge in [0, 0.05) is 6.42 Å². The van der Waals surface area contributed by atoms with Crippen molar-refractivity contribution in [3.63, 3.8) is 0 Å². The van der Waals surface area contributed by atoms with Gasteiger partial charge in [0.15, 0.2) is 5.60 Å². The molecule has 0 radical (unpaired) electrons. The quantitative estimate of drug-likeness (QED) is 0.610. The van der Waals surface area contributed by atoms with E-state index in [1.807, 2.05) is 0 Å². The second kappa shape index (κ2) is 5.06. The molecular weight excluding hydrogens is 198 g/mol. The van der Waals surface area contributed by atoms with Gasteiger partial charge in [0.05, 0.1) is 12.4 Å². The van der Waals surface area contributed by atoms with Gasteiger partial charge in [0.1, 0.15) is 0 Å². The molecule has 1 unspecified atom stereocenters. The third-order valence-corrected chi connectivity index (χ3v) is 1.75. The van der Waals surface area contributed by atoms with E-state index >= 15 is 0 Å². The van der Waals surface area contributed by atoms with Crippen LogP contribution in [0.5, 0.6) is 0 Å². The van der Waals surface area contributed by atoms with E-state index in [4.69, 9.17) is 5.11 Å². The lowest BCUT2D eigenvalue weighted by atomic mass is 9.96. The number of H-pyrrole nitrogens is 1. The summed E-state index contributed by atoms with van der Waals surface area (Å²) >= 11 is 0. The lowest BCUT2D eigenvalue weighted by Crippen LogP contribution is -2.36. The molecule has 80 valence electrons. The van der Waals surface area contributed by atoms with Gasteiger partial charge in [-0.25, -0.2) is 4.79 Å². The molecule has 0 saturated heterocycles. The summed E-state index contributed by atoms with van der Waals surface area (Å²) in [6.45, 7) is 0. The second-order valence-corrected chi connectivity index (χ2v) is 2.88. The number of carboxylic acid groups (broad SMARTS) is 1. The van der Waals surface area contributed by atoms with Crippen molar-refractivity contribution in [3.05, 3.63) is 36.7 Å². The largest absolute Gasteiger partial charge is 0.479 e. The molecule has 1 aromatic rings. The zero-order valence-electron chi connectivity index (χ0n) is 7.87. The van der Waals surface area contributed by atoms with Crippen LogP contribution in [0.1, 0.15) is 6.42 Å². The molecule has 0 amide bonds. The standard InChI is InChI=1S/C7H8O3.C2H3N3/c8-6(9)7(10)4-2-1-3-5-7;1-2-4-5-3-1/h1-4,10H,5H2,(H,8,9);1-2H,(H,3,4,5). The van der Waals surface area contributed by atoms with Gasteiger partial charge in [-0.1, -0.05) is 18.2 Å². The lowest BCUT2D eigenvalue weighted by molar-refractivity contribution is -0.153. The maximum atomic E-state index is 10.3. The Kier molecular flexibility index (Phi) is 3.75. The number of hydrogen-bond acceptors (Lipinski definition) is 4. The minimum absolute atomic E-state index is 0.152. The van der Waals surface area contributed by atoms with E-state index in [0.29, 0.717) is 0 Å². The molecule has 1 atom stereocenters. The SMILES string of the molecule is O=C(O)C1(O)C=CC=CC1.c1cn[nH]n1. The van der Waals surface area contributed by atoms with Crippen molar-refractivity contribution in [1.29, 1.82) is 0 Å². The highest BCUT2D eigenvalue weighted by Gasteiger charge is 2.32. The lowest BCUT2D eigenvalue weighted by Gasteiger charge is -2.18. The van der Waals surface area contributed by atoms with Gasteiger partial charge in [0.2, 0.25) is 0 Å². The van der Waals surface area contributed by atoms with Gasteiger partial charge in [-0.3, -0.25) is 0 Å². The van der Waals surface area contributed by atoms with Crippen LogP contribution in [0.25, 0.3) is 0 Å². The molecule has 1 aliphatic carbocycles. The Labute approximate surface area is 85.9 Å². The highest BCUT2D eigenvalue weighted by Crippen LogP contribution is 2.16. The van der Waals surface area contributed by atoms with Gasteiger partial charge < -0.3 is 10.2 Å². The molecule has 1 aliphatic rings. The highest BCUT2D eigenvalue weighted by atomic mass is 16.4. The Morgan fingerprint density at radius 3 is 2.27 bits per heavy atom. The normalized spacial score (nSPS) is 23.0. The number of carbonyl (C=O) groups is 1. The molecule has 0 saturated carbocycles. The highest BCUT2D eigenvalue weighted by molar-refractivity contribution is 5.80. The molecule has 0 aromatic carbocycles. The molecule has 0 bridgehead atoms. The van der Waals surface area contributed by atoms with Gasteiger partial charge in [0.25, 0.3) is 0 Å². The first-order valence-corrected chi connectivity index (χ1v) is 4.25. The molecular formula is C9H11N3O3. The predicted molar refractivity (Wildman–Crippen MR) is 51.9 cm³/mol. The molecule has 2 rings (SSSR count). The molecule has 3 N–H and O–H groups in total. The number of rotatable bonds is 1. The van der Waals surface area contributed by atoms with Crippen molar-refractivity contribution in [3.8, 4) is 0 Å². The summed E-state index contributed by atoms with van der Waals surface area (Å²) in [6.07, 6.45) is 9.44. The molecule has 1 heterocycles. The first-order valence-electron chi connectivity index (χ1n) is 4.25. The van der Waals surface area contributed by atoms with Crippen LogP contribution >= 0.6 is 0 Å². The van der Waals surface area contributed by atoms with Crippen LogP contribution in [0.2, 0.25) is 0 Å². The number of nitrogens with one attached hydrogen (secondary N) is 1. The first kappa shape index (κ1) is 11.1. The number of aliphatic carboxylic acids is 1. The molecule has 6 nitrogen and oxygen atoms in total. The number of aliphatic hydroxyl groups is 1. The Morgan fingerprint density at radius 1 is 1.33 bits per heavy atom. The molecule has 0 aliphatic heterocycles. The van der Waals surface area contributed by atoms with E-state index in [2.05, 4.69) is 15.4 Å². The number of carboxylic acids is 1. The van der Waals surface area contributed by atoms with Crippen LogP contribution in [0, 0.1) is 0 Å². The van der Waals surface area contributed by atoms with Crippen molar-refractivity contribution in [1.82, 2.24) is 15.4 Å². The Bertz CT molecular complexity index is 341. The van der Waals surface area contributed by atoms with Crippen molar-refractivity contribution < 1.29 is 15.0 Å². The van der Waals surface area contributed by atoms with E-state index in [9.17, 15) is 9.90 Å². The van der Waals surface area contributed by atoms with E-state index < -0.39 is 11.6 Å². The zero-order chi connectivity index (χ0) is 11.1. The van der Waals surface area contributed by atoms with Crippen molar-refractivity contribution in [2.75, 3.05) is 0 Å². The van der Waals surface area contributed by atoms with Crippen LogP contribution in [0.4, 0.5) is 0 Å². The van der Waals surface area contributed by atoms with E-state index in [1.54, 1.807) is 24.5 Å². The monoisotopic (exact) mass is 209 g/mol. The van der Waals surface area contributed by atoms with Crippen LogP contribution in [-0.4, -0.2) is 37.2 Å². The summed E-state index contributed by atoms with van der Waals surface area (Å²) in [6, 6.07) is 0. The van der Waals surface area contributed by atoms with Gasteiger partial charge in [-0.05, 0) is 6.08 Å². The number of aromatic nitrogens is 3. The molecule has 0 spiro atoms. The fourth-order valence-corrected chi connectivity index (χ4v) is 0.934. The zero-order valence-corrected chi connectivity index (χ0v) is 7.87. The van der Waals surface area contributed by atoms with Crippen LogP contribution in [-0.2, 0) is 4.79 Å². The Morgan fingerprint density at radius 2 is 2.00 bits per heavy atom. The second-order valence-electron chi connectivity index (χ2n) is 2.88. The maximum absolute atomic E-state index is 10.3. The van der Waals surface area contributed by atoms with Crippen LogP contribution in [0.15, 0.2) is 36.7 Å². The van der Waals surface area contributed by atoms with Crippen LogP contribution in [0.3, 0.4) is 0 Å². The third kappa shape index (κ3) is 3.35. The Hall–Kier alpha value is -1.95. The number of nitrogens with zero attached hydrogens (tertiary/aromatic N) is 2. The maximum Gasteiger partial charge on any atom is 0.340 e. The molecule has 1 aromatic heterocycles. The van der Waals surface area contributed by atoms with Gasteiger partial charge in [-0.15, -0.1) is 0 Å². The summed E-state index contributed by atoms with van der Waals surface area (Å²) in [5.41, 5.74) is -1.67. The summed E-state index contributed by atoms with van der Waals surface area (Å²) in [5, 5.41) is 27.0. The van der Waals surface area contributed by atoms with Crippen molar-refractivity contribution in [2.24, 2.45) is 0 Å². The third-order valence-electron chi connectivity index (χ3n) is 1.75. The number of aromatic amines is 1. The minimum Gasteiger partial charge on any atom is -0.479 e. The van der Waals surface area contributed by atoms with E-state index in [-0.39, 0.29) is 6.42 Å². The number of allylic oxidation sites excluding steroid dienone is 2. The topological polar surface area (TPSA) is 99.1 Å². The average molecular weight is 209 g/mol. The van der Waals surface area contributed by atoms with E-state index in [1.165, 1.54) is 12.2 Å². The minimum atomic E-state index is -1.67. The van der Waals surface area contributed by atoms with Gasteiger partial charge >= 0.3 is 5.97 Å². The summed E-state index contributed by atoms with van der Waals surface area (Å²) < 4.78 is 0. The van der Waals surface area contributed by atoms with Crippen molar-refractivity contribution in [2.45, 2.75) is 12.0 Å². The molecule has 15 heavy (non-hydrogen) atoms. The summed E-state index contributed by atoms with van der Waals surface area (Å²) in [5.74, 6) is -1.20. The van der Waals surface area contributed by atoms with Crippen LogP contribution < -0.4 is 0 Å². The summed E-state index contributed by atoms with van der Waals surface area (Å²) in [4.78, 5) is 10.3. The summed E-state index contributed by atoms with van der Waals surface area (Å²) in [7, 11) is 0. The smallest absolute Gasteiger partial charge is 0.340 e. The molecule has 0 fully saturated rings. The first-order chi connectivity index (χ1) is 7.15. The van der Waals surface area contributed by atoms with Gasteiger partial charge in [-0.2, -0.15) is 15.4 Å². The van der Waals surface area contributed by atoms with Crippen molar-refractivity contribution >= 4 is 5.97 Å². The fourth-order valence-electron chi connectivity index (χ4n) is 0.934. The molecule has 6 heteroatoms. The Balaban J connectivity index is 0.000000187.